The van der Waals surface area contributed by atoms with Crippen LogP contribution in [0.2, 0.25) is 0 Å². The molecule has 0 aliphatic carbocycles. The van der Waals surface area contributed by atoms with Crippen LogP contribution in [0, 0.1) is 5.92 Å². The summed E-state index contributed by atoms with van der Waals surface area (Å²) in [5, 5.41) is 0. The predicted molar refractivity (Wildman–Crippen MR) is 55.1 cm³/mol. The Morgan fingerprint density at radius 2 is 1.92 bits per heavy atom. The van der Waals surface area contributed by atoms with Crippen molar-refractivity contribution in [3.63, 3.8) is 0 Å². The predicted octanol–water partition coefficient (Wildman–Crippen LogP) is 1.43. The minimum absolute atomic E-state index is 0.157. The lowest BCUT2D eigenvalue weighted by molar-refractivity contribution is -0.143. The number of methoxy groups -OCH3 is 1. The van der Waals surface area contributed by atoms with Crippen LogP contribution in [-0.4, -0.2) is 32.1 Å². The van der Waals surface area contributed by atoms with Gasteiger partial charge in [0.2, 0.25) is 0 Å². The van der Waals surface area contributed by atoms with E-state index in [9.17, 15) is 4.79 Å². The largest absolute Gasteiger partial charge is 0.467 e. The van der Waals surface area contributed by atoms with Crippen LogP contribution in [0.5, 0.6) is 0 Å². The maximum Gasteiger partial charge on any atom is 0.330 e. The Morgan fingerprint density at radius 1 is 1.50 bits per heavy atom. The SMILES string of the molecule is C=NC(C(=O)OC)C(C)C.CS. The van der Waals surface area contributed by atoms with E-state index in [1.807, 2.05) is 13.8 Å². The van der Waals surface area contributed by atoms with E-state index in [1.54, 1.807) is 6.26 Å². The first-order valence-electron chi connectivity index (χ1n) is 3.61. The first-order valence-corrected chi connectivity index (χ1v) is 4.51. The summed E-state index contributed by atoms with van der Waals surface area (Å²) in [5.74, 6) is -0.157. The third-order valence-corrected chi connectivity index (χ3v) is 1.27. The molecule has 12 heavy (non-hydrogen) atoms. The van der Waals surface area contributed by atoms with Gasteiger partial charge in [-0.1, -0.05) is 13.8 Å². The van der Waals surface area contributed by atoms with Crippen molar-refractivity contribution in [3.8, 4) is 0 Å². The van der Waals surface area contributed by atoms with E-state index in [2.05, 4.69) is 29.1 Å². The van der Waals surface area contributed by atoms with Crippen LogP contribution in [0.1, 0.15) is 13.8 Å². The fraction of sp³-hybridized carbons (Fsp3) is 0.750. The second kappa shape index (κ2) is 8.59. The number of esters is 1. The molecular weight excluding hydrogens is 174 g/mol. The summed E-state index contributed by atoms with van der Waals surface area (Å²) in [6, 6.07) is -0.412. The van der Waals surface area contributed by atoms with Crippen LogP contribution in [0.4, 0.5) is 0 Å². The Labute approximate surface area is 79.6 Å². The van der Waals surface area contributed by atoms with Crippen molar-refractivity contribution in [1.82, 2.24) is 0 Å². The first kappa shape index (κ1) is 14.0. The molecule has 0 amide bonds. The topological polar surface area (TPSA) is 38.7 Å². The normalized spacial score (nSPS) is 11.2. The van der Waals surface area contributed by atoms with Crippen molar-refractivity contribution in [1.29, 1.82) is 0 Å². The lowest BCUT2D eigenvalue weighted by atomic mass is 10.1. The number of hydrogen-bond acceptors (Lipinski definition) is 4. The molecule has 1 unspecified atom stereocenters. The molecule has 0 aromatic heterocycles. The lowest BCUT2D eigenvalue weighted by Gasteiger charge is -2.11. The number of aliphatic imine (C=N–C) groups is 1. The number of nitrogens with zero attached hydrogens (tertiary/aromatic N) is 1. The molecule has 0 N–H and O–H groups in total. The molecule has 0 heterocycles. The maximum atomic E-state index is 10.8. The highest BCUT2D eigenvalue weighted by Crippen LogP contribution is 2.06. The molecule has 0 spiro atoms. The molecule has 0 radical (unpaired) electrons. The van der Waals surface area contributed by atoms with Gasteiger partial charge in [0.25, 0.3) is 0 Å². The van der Waals surface area contributed by atoms with Crippen molar-refractivity contribution in [2.24, 2.45) is 10.9 Å². The maximum absolute atomic E-state index is 10.8. The van der Waals surface area contributed by atoms with E-state index in [0.29, 0.717) is 0 Å². The highest BCUT2D eigenvalue weighted by atomic mass is 32.1. The van der Waals surface area contributed by atoms with Crippen molar-refractivity contribution in [2.75, 3.05) is 13.4 Å². The molecule has 4 heteroatoms. The smallest absolute Gasteiger partial charge is 0.330 e. The molecule has 3 nitrogen and oxygen atoms in total. The zero-order valence-corrected chi connectivity index (χ0v) is 8.97. The van der Waals surface area contributed by atoms with Gasteiger partial charge in [-0.05, 0) is 18.9 Å². The summed E-state index contributed by atoms with van der Waals surface area (Å²) in [6.45, 7) is 7.10. The molecule has 0 saturated carbocycles. The molecule has 0 aliphatic rings. The fourth-order valence-corrected chi connectivity index (χ4v) is 0.678. The monoisotopic (exact) mass is 191 g/mol. The molecule has 0 aromatic rings. The minimum Gasteiger partial charge on any atom is -0.467 e. The van der Waals surface area contributed by atoms with Gasteiger partial charge < -0.3 is 4.74 Å². The average Bonchev–Trinajstić information content (AvgIpc) is 2.08. The average molecular weight is 191 g/mol. The molecule has 0 aliphatic heterocycles. The van der Waals surface area contributed by atoms with Crippen LogP contribution in [-0.2, 0) is 9.53 Å². The Balaban J connectivity index is 0. The van der Waals surface area contributed by atoms with E-state index in [0.717, 1.165) is 0 Å². The molecular formula is C8H17NO2S. The number of carbonyl (C=O) groups is 1. The van der Waals surface area contributed by atoms with Gasteiger partial charge in [-0.2, -0.15) is 12.6 Å². The molecule has 72 valence electrons. The minimum atomic E-state index is -0.412. The summed E-state index contributed by atoms with van der Waals surface area (Å²) >= 11 is 3.53. The Kier molecular flexibility index (Phi) is 10.0. The zero-order chi connectivity index (χ0) is 10.1. The summed E-state index contributed by atoms with van der Waals surface area (Å²) in [5.41, 5.74) is 0. The number of carbonyl (C=O) groups excluding carboxylic acids is 1. The molecule has 0 fully saturated rings. The standard InChI is InChI=1S/C7H13NO2.CH4S/c1-5(2)6(8-3)7(9)10-4;1-2/h5-6H,3H2,1-2,4H3;2H,1H3. The summed E-state index contributed by atoms with van der Waals surface area (Å²) in [6.07, 6.45) is 1.69. The molecule has 1 atom stereocenters. The van der Waals surface area contributed by atoms with Crippen LogP contribution in [0.3, 0.4) is 0 Å². The Hall–Kier alpha value is -0.510. The van der Waals surface area contributed by atoms with Crippen molar-refractivity contribution in [2.45, 2.75) is 19.9 Å². The molecule has 0 aromatic carbocycles. The summed E-state index contributed by atoms with van der Waals surface area (Å²) in [7, 11) is 1.35. The van der Waals surface area contributed by atoms with Gasteiger partial charge in [-0.25, -0.2) is 4.79 Å². The van der Waals surface area contributed by atoms with E-state index in [4.69, 9.17) is 0 Å². The Morgan fingerprint density at radius 3 is 2.00 bits per heavy atom. The van der Waals surface area contributed by atoms with E-state index in [-0.39, 0.29) is 11.9 Å². The van der Waals surface area contributed by atoms with Crippen LogP contribution >= 0.6 is 12.6 Å². The van der Waals surface area contributed by atoms with E-state index >= 15 is 0 Å². The van der Waals surface area contributed by atoms with Gasteiger partial charge >= 0.3 is 5.97 Å². The van der Waals surface area contributed by atoms with E-state index < -0.39 is 6.04 Å². The number of rotatable bonds is 3. The van der Waals surface area contributed by atoms with Gasteiger partial charge in [0, 0.05) is 0 Å². The van der Waals surface area contributed by atoms with Gasteiger partial charge in [0.15, 0.2) is 0 Å². The van der Waals surface area contributed by atoms with Gasteiger partial charge in [-0.15, -0.1) is 0 Å². The van der Waals surface area contributed by atoms with Gasteiger partial charge in [0.1, 0.15) is 6.04 Å². The third kappa shape index (κ3) is 5.18. The molecule has 0 rings (SSSR count). The quantitative estimate of drug-likeness (QED) is 0.416. The lowest BCUT2D eigenvalue weighted by Crippen LogP contribution is -2.25. The third-order valence-electron chi connectivity index (χ3n) is 1.27. The van der Waals surface area contributed by atoms with Crippen LogP contribution < -0.4 is 0 Å². The zero-order valence-electron chi connectivity index (χ0n) is 8.07. The first-order chi connectivity index (χ1) is 5.63. The number of ether oxygens (including phenoxy) is 1. The molecule has 0 saturated heterocycles. The second-order valence-electron chi connectivity index (χ2n) is 2.39. The number of hydrogen-bond donors (Lipinski definition) is 1. The van der Waals surface area contributed by atoms with Crippen LogP contribution in [0.25, 0.3) is 0 Å². The van der Waals surface area contributed by atoms with Crippen molar-refractivity contribution in [3.05, 3.63) is 0 Å². The van der Waals surface area contributed by atoms with Crippen molar-refractivity contribution >= 4 is 25.3 Å². The highest BCUT2D eigenvalue weighted by molar-refractivity contribution is 7.79. The number of thiol groups is 1. The van der Waals surface area contributed by atoms with Gasteiger partial charge in [-0.3, -0.25) is 4.99 Å². The van der Waals surface area contributed by atoms with Gasteiger partial charge in [0.05, 0.1) is 7.11 Å². The van der Waals surface area contributed by atoms with Crippen molar-refractivity contribution < 1.29 is 9.53 Å². The highest BCUT2D eigenvalue weighted by Gasteiger charge is 2.19. The molecule has 0 bridgehead atoms. The second-order valence-corrected chi connectivity index (χ2v) is 2.39. The fourth-order valence-electron chi connectivity index (χ4n) is 0.678. The van der Waals surface area contributed by atoms with Crippen LogP contribution in [0.15, 0.2) is 4.99 Å². The summed E-state index contributed by atoms with van der Waals surface area (Å²) in [4.78, 5) is 14.5. The Bertz CT molecular complexity index is 137. The summed E-state index contributed by atoms with van der Waals surface area (Å²) < 4.78 is 4.49. The van der Waals surface area contributed by atoms with E-state index in [1.165, 1.54) is 7.11 Å².